The Labute approximate surface area is 157 Å². The van der Waals surface area contributed by atoms with Crippen LogP contribution in [0.1, 0.15) is 22.9 Å². The van der Waals surface area contributed by atoms with Crippen LogP contribution in [0.5, 0.6) is 5.75 Å². The Morgan fingerprint density at radius 1 is 0.926 bits per heavy atom. The number of benzene rings is 3. The second-order valence-electron chi connectivity index (χ2n) is 6.54. The largest absolute Gasteiger partial charge is 0.496 e. The van der Waals surface area contributed by atoms with E-state index in [2.05, 4.69) is 35.4 Å². The molecule has 3 aromatic carbocycles. The van der Waals surface area contributed by atoms with Gasteiger partial charge in [0, 0.05) is 33.4 Å². The molecule has 0 aliphatic heterocycles. The van der Waals surface area contributed by atoms with Crippen molar-refractivity contribution in [2.45, 2.75) is 13.0 Å². The monoisotopic (exact) mass is 360 g/mol. The molecule has 1 aromatic heterocycles. The van der Waals surface area contributed by atoms with Gasteiger partial charge in [-0.3, -0.25) is 0 Å². The second kappa shape index (κ2) is 7.16. The SMILES string of the molecule is COc1ccccc1[C@H](Nc1ccc(F)cc1)c1c(C)[nH]c2ccccc12. The third-order valence-electron chi connectivity index (χ3n) is 4.84. The molecule has 4 heteroatoms. The van der Waals surface area contributed by atoms with E-state index in [9.17, 15) is 4.39 Å². The Kier molecular flexibility index (Phi) is 4.55. The van der Waals surface area contributed by atoms with Gasteiger partial charge in [-0.05, 0) is 43.3 Å². The number of hydrogen-bond acceptors (Lipinski definition) is 2. The summed E-state index contributed by atoms with van der Waals surface area (Å²) in [4.78, 5) is 3.47. The maximum absolute atomic E-state index is 13.4. The molecule has 0 saturated heterocycles. The van der Waals surface area contributed by atoms with Crippen molar-refractivity contribution in [2.24, 2.45) is 0 Å². The molecular formula is C23H21FN2O. The highest BCUT2D eigenvalue weighted by molar-refractivity contribution is 5.86. The molecule has 4 aromatic rings. The summed E-state index contributed by atoms with van der Waals surface area (Å²) in [5.41, 5.74) is 5.20. The van der Waals surface area contributed by atoms with Gasteiger partial charge in [-0.2, -0.15) is 0 Å². The molecular weight excluding hydrogens is 339 g/mol. The first-order chi connectivity index (χ1) is 13.2. The molecule has 4 rings (SSSR count). The number of methoxy groups -OCH3 is 1. The summed E-state index contributed by atoms with van der Waals surface area (Å²) in [6, 6.07) is 22.5. The van der Waals surface area contributed by atoms with Crippen molar-refractivity contribution in [2.75, 3.05) is 12.4 Å². The summed E-state index contributed by atoms with van der Waals surface area (Å²) in [6.07, 6.45) is 0. The number of aromatic nitrogens is 1. The molecule has 0 fully saturated rings. The number of aromatic amines is 1. The molecule has 136 valence electrons. The number of rotatable bonds is 5. The van der Waals surface area contributed by atoms with Gasteiger partial charge in [0.1, 0.15) is 11.6 Å². The Morgan fingerprint density at radius 2 is 1.63 bits per heavy atom. The highest BCUT2D eigenvalue weighted by Crippen LogP contribution is 2.38. The molecule has 0 saturated carbocycles. The van der Waals surface area contributed by atoms with Gasteiger partial charge in [0.2, 0.25) is 0 Å². The van der Waals surface area contributed by atoms with E-state index < -0.39 is 0 Å². The molecule has 0 bridgehead atoms. The number of nitrogens with one attached hydrogen (secondary N) is 2. The van der Waals surface area contributed by atoms with Gasteiger partial charge in [-0.25, -0.2) is 4.39 Å². The Morgan fingerprint density at radius 3 is 2.41 bits per heavy atom. The second-order valence-corrected chi connectivity index (χ2v) is 6.54. The Bertz CT molecular complexity index is 1070. The number of H-pyrrole nitrogens is 1. The normalized spacial score (nSPS) is 12.1. The van der Waals surface area contributed by atoms with E-state index in [-0.39, 0.29) is 11.9 Å². The molecule has 0 aliphatic rings. The molecule has 1 heterocycles. The van der Waals surface area contributed by atoms with Crippen molar-refractivity contribution in [1.82, 2.24) is 4.98 Å². The molecule has 3 nitrogen and oxygen atoms in total. The van der Waals surface area contributed by atoms with Crippen molar-refractivity contribution < 1.29 is 9.13 Å². The fraction of sp³-hybridized carbons (Fsp3) is 0.130. The molecule has 1 atom stereocenters. The predicted octanol–water partition coefficient (Wildman–Crippen LogP) is 5.83. The third-order valence-corrected chi connectivity index (χ3v) is 4.84. The predicted molar refractivity (Wildman–Crippen MR) is 108 cm³/mol. The van der Waals surface area contributed by atoms with Gasteiger partial charge in [0.25, 0.3) is 0 Å². The minimum Gasteiger partial charge on any atom is -0.496 e. The van der Waals surface area contributed by atoms with Crippen LogP contribution in [-0.4, -0.2) is 12.1 Å². The fourth-order valence-electron chi connectivity index (χ4n) is 3.59. The zero-order valence-electron chi connectivity index (χ0n) is 15.3. The summed E-state index contributed by atoms with van der Waals surface area (Å²) in [5, 5.41) is 4.72. The van der Waals surface area contributed by atoms with E-state index in [0.29, 0.717) is 0 Å². The summed E-state index contributed by atoms with van der Waals surface area (Å²) < 4.78 is 19.0. The quantitative estimate of drug-likeness (QED) is 0.470. The van der Waals surface area contributed by atoms with E-state index in [1.165, 1.54) is 12.1 Å². The molecule has 0 amide bonds. The lowest BCUT2D eigenvalue weighted by molar-refractivity contribution is 0.408. The first kappa shape index (κ1) is 17.2. The minimum absolute atomic E-state index is 0.150. The van der Waals surface area contributed by atoms with Crippen LogP contribution in [0, 0.1) is 12.7 Å². The highest BCUT2D eigenvalue weighted by Gasteiger charge is 2.23. The third kappa shape index (κ3) is 3.26. The van der Waals surface area contributed by atoms with Gasteiger partial charge < -0.3 is 15.0 Å². The van der Waals surface area contributed by atoms with Crippen LogP contribution in [0.3, 0.4) is 0 Å². The summed E-state index contributed by atoms with van der Waals surface area (Å²) in [7, 11) is 1.68. The summed E-state index contributed by atoms with van der Waals surface area (Å²) >= 11 is 0. The number of hydrogen-bond donors (Lipinski definition) is 2. The lowest BCUT2D eigenvalue weighted by Crippen LogP contribution is -2.14. The number of fused-ring (bicyclic) bond motifs is 1. The maximum atomic E-state index is 13.4. The highest BCUT2D eigenvalue weighted by atomic mass is 19.1. The number of ether oxygens (including phenoxy) is 1. The van der Waals surface area contributed by atoms with Crippen LogP contribution in [0.15, 0.2) is 72.8 Å². The molecule has 0 aliphatic carbocycles. The van der Waals surface area contributed by atoms with Crippen molar-refractivity contribution in [3.8, 4) is 5.75 Å². The standard InChI is InChI=1S/C23H21FN2O/c1-15-22(18-7-3-5-9-20(18)25-15)23(19-8-4-6-10-21(19)27-2)26-17-13-11-16(24)12-14-17/h3-14,23,25-26H,1-2H3/t23-/m0/s1. The number of halogens is 1. The van der Waals surface area contributed by atoms with Crippen molar-refractivity contribution in [1.29, 1.82) is 0 Å². The number of para-hydroxylation sites is 2. The van der Waals surface area contributed by atoms with Gasteiger partial charge in [0.05, 0.1) is 13.2 Å². The van der Waals surface area contributed by atoms with Gasteiger partial charge in [-0.1, -0.05) is 36.4 Å². The average molecular weight is 360 g/mol. The zero-order valence-corrected chi connectivity index (χ0v) is 15.3. The van der Waals surface area contributed by atoms with Crippen LogP contribution in [0.2, 0.25) is 0 Å². The van der Waals surface area contributed by atoms with Crippen LogP contribution in [0.4, 0.5) is 10.1 Å². The Balaban J connectivity index is 1.89. The molecule has 0 unspecified atom stereocenters. The molecule has 27 heavy (non-hydrogen) atoms. The van der Waals surface area contributed by atoms with E-state index in [1.807, 2.05) is 30.3 Å². The van der Waals surface area contributed by atoms with Crippen LogP contribution >= 0.6 is 0 Å². The molecule has 0 radical (unpaired) electrons. The maximum Gasteiger partial charge on any atom is 0.124 e. The number of aryl methyl sites for hydroxylation is 1. The van der Waals surface area contributed by atoms with E-state index in [1.54, 1.807) is 19.2 Å². The fourth-order valence-corrected chi connectivity index (χ4v) is 3.59. The zero-order chi connectivity index (χ0) is 18.8. The van der Waals surface area contributed by atoms with Crippen molar-refractivity contribution >= 4 is 16.6 Å². The number of anilines is 1. The smallest absolute Gasteiger partial charge is 0.124 e. The first-order valence-corrected chi connectivity index (χ1v) is 8.89. The van der Waals surface area contributed by atoms with Gasteiger partial charge in [-0.15, -0.1) is 0 Å². The molecule has 0 spiro atoms. The minimum atomic E-state index is -0.252. The van der Waals surface area contributed by atoms with Crippen LogP contribution < -0.4 is 10.1 Å². The Hall–Kier alpha value is -3.27. The van der Waals surface area contributed by atoms with Crippen LogP contribution in [-0.2, 0) is 0 Å². The topological polar surface area (TPSA) is 37.0 Å². The first-order valence-electron chi connectivity index (χ1n) is 8.89. The lowest BCUT2D eigenvalue weighted by atomic mass is 9.95. The van der Waals surface area contributed by atoms with Crippen molar-refractivity contribution in [3.05, 3.63) is 95.4 Å². The van der Waals surface area contributed by atoms with E-state index in [4.69, 9.17) is 4.74 Å². The average Bonchev–Trinajstić information content (AvgIpc) is 3.03. The van der Waals surface area contributed by atoms with Crippen molar-refractivity contribution in [3.63, 3.8) is 0 Å². The summed E-state index contributed by atoms with van der Waals surface area (Å²) in [5.74, 6) is 0.555. The van der Waals surface area contributed by atoms with Gasteiger partial charge >= 0.3 is 0 Å². The van der Waals surface area contributed by atoms with E-state index in [0.717, 1.165) is 39.2 Å². The summed E-state index contributed by atoms with van der Waals surface area (Å²) in [6.45, 7) is 2.07. The molecule has 2 N–H and O–H groups in total. The lowest BCUT2D eigenvalue weighted by Gasteiger charge is -2.23. The van der Waals surface area contributed by atoms with E-state index >= 15 is 0 Å². The van der Waals surface area contributed by atoms with Crippen LogP contribution in [0.25, 0.3) is 10.9 Å². The van der Waals surface area contributed by atoms with Gasteiger partial charge in [0.15, 0.2) is 0 Å².